The van der Waals surface area contributed by atoms with Gasteiger partial charge in [-0.05, 0) is 43.0 Å². The molecule has 29 heavy (non-hydrogen) atoms. The van der Waals surface area contributed by atoms with E-state index in [2.05, 4.69) is 30.9 Å². The molecular weight excluding hydrogens is 388 g/mol. The molecule has 1 aromatic heterocycles. The van der Waals surface area contributed by atoms with Crippen LogP contribution >= 0.6 is 12.4 Å². The topological polar surface area (TPSA) is 84.0 Å². The fourth-order valence-electron chi connectivity index (χ4n) is 3.05. The Kier molecular flexibility index (Phi) is 7.61. The van der Waals surface area contributed by atoms with Gasteiger partial charge in [0.15, 0.2) is 0 Å². The summed E-state index contributed by atoms with van der Waals surface area (Å²) in [6.07, 6.45) is 2.12. The molecule has 0 aliphatic carbocycles. The van der Waals surface area contributed by atoms with E-state index in [1.54, 1.807) is 0 Å². The average Bonchev–Trinajstić information content (AvgIpc) is 2.74. The van der Waals surface area contributed by atoms with Crippen LogP contribution in [0.2, 0.25) is 0 Å². The summed E-state index contributed by atoms with van der Waals surface area (Å²) in [7, 11) is 0. The van der Waals surface area contributed by atoms with Crippen LogP contribution in [0.4, 0.5) is 29.2 Å². The van der Waals surface area contributed by atoms with Gasteiger partial charge >= 0.3 is 0 Å². The van der Waals surface area contributed by atoms with Gasteiger partial charge in [-0.25, -0.2) is 0 Å². The second-order valence-electron chi connectivity index (χ2n) is 6.72. The van der Waals surface area contributed by atoms with E-state index in [9.17, 15) is 0 Å². The zero-order valence-corrected chi connectivity index (χ0v) is 16.9. The molecule has 0 spiro atoms. The summed E-state index contributed by atoms with van der Waals surface area (Å²) in [6.45, 7) is 2.47. The van der Waals surface area contributed by atoms with Crippen LogP contribution in [0.3, 0.4) is 0 Å². The number of anilines is 5. The van der Waals surface area contributed by atoms with E-state index in [0.29, 0.717) is 23.8 Å². The Morgan fingerprint density at radius 1 is 0.724 bits per heavy atom. The van der Waals surface area contributed by atoms with E-state index < -0.39 is 0 Å². The fourth-order valence-corrected chi connectivity index (χ4v) is 3.05. The fraction of sp³-hybridized carbons (Fsp3) is 0.286. The number of benzene rings is 2. The lowest BCUT2D eigenvalue weighted by atomic mass is 10.0. The lowest BCUT2D eigenvalue weighted by molar-refractivity contribution is 0.0699. The highest BCUT2D eigenvalue weighted by atomic mass is 35.5. The molecule has 152 valence electrons. The van der Waals surface area contributed by atoms with Crippen LogP contribution in [0.25, 0.3) is 0 Å². The number of halogens is 1. The molecule has 2 heterocycles. The second kappa shape index (κ2) is 10.6. The first-order chi connectivity index (χ1) is 13.8. The van der Waals surface area contributed by atoms with Gasteiger partial charge in [-0.2, -0.15) is 15.0 Å². The number of nitrogens with zero attached hydrogens (tertiary/aromatic N) is 3. The molecule has 3 N–H and O–H groups in total. The Labute approximate surface area is 176 Å². The maximum atomic E-state index is 5.43. The van der Waals surface area contributed by atoms with Crippen molar-refractivity contribution in [2.24, 2.45) is 5.92 Å². The summed E-state index contributed by atoms with van der Waals surface area (Å²) in [5.74, 6) is 2.11. The van der Waals surface area contributed by atoms with E-state index in [0.717, 1.165) is 44.0 Å². The highest BCUT2D eigenvalue weighted by Gasteiger charge is 2.15. The number of nitrogens with one attached hydrogen (secondary N) is 3. The number of ether oxygens (including phenoxy) is 1. The minimum atomic E-state index is 0. The van der Waals surface area contributed by atoms with E-state index in [1.165, 1.54) is 0 Å². The van der Waals surface area contributed by atoms with Gasteiger partial charge in [-0.15, -0.1) is 12.4 Å². The standard InChI is InChI=1S/C21H24N6O.ClH/c1-3-7-17(8-4-1)23-20-25-19(22-15-16-11-13-28-14-12-16)26-21(27-20)24-18-9-5-2-6-10-18;/h1-10,16H,11-15H2,(H3,22,23,24,25,26,27);1H. The highest BCUT2D eigenvalue weighted by Crippen LogP contribution is 2.20. The molecule has 1 fully saturated rings. The van der Waals surface area contributed by atoms with Crippen LogP contribution in [-0.2, 0) is 4.74 Å². The predicted octanol–water partition coefficient (Wildman–Crippen LogP) is 4.62. The van der Waals surface area contributed by atoms with E-state index in [-0.39, 0.29) is 12.4 Å². The molecule has 4 rings (SSSR count). The first-order valence-corrected chi connectivity index (χ1v) is 9.57. The molecular formula is C21H25ClN6O. The van der Waals surface area contributed by atoms with Gasteiger partial charge in [0.2, 0.25) is 17.8 Å². The maximum absolute atomic E-state index is 5.43. The largest absolute Gasteiger partial charge is 0.381 e. The number of rotatable bonds is 7. The van der Waals surface area contributed by atoms with Crippen molar-refractivity contribution in [2.75, 3.05) is 35.7 Å². The summed E-state index contributed by atoms with van der Waals surface area (Å²) in [5.41, 5.74) is 1.85. The van der Waals surface area contributed by atoms with E-state index in [1.807, 2.05) is 60.7 Å². The van der Waals surface area contributed by atoms with Crippen LogP contribution in [0.15, 0.2) is 60.7 Å². The first-order valence-electron chi connectivity index (χ1n) is 9.57. The van der Waals surface area contributed by atoms with Gasteiger partial charge in [0, 0.05) is 31.1 Å². The van der Waals surface area contributed by atoms with Crippen molar-refractivity contribution >= 4 is 41.6 Å². The van der Waals surface area contributed by atoms with Crippen molar-refractivity contribution in [2.45, 2.75) is 12.8 Å². The Morgan fingerprint density at radius 3 is 1.72 bits per heavy atom. The molecule has 0 unspecified atom stereocenters. The number of para-hydroxylation sites is 2. The van der Waals surface area contributed by atoms with Crippen LogP contribution in [0.5, 0.6) is 0 Å². The van der Waals surface area contributed by atoms with Crippen LogP contribution in [-0.4, -0.2) is 34.7 Å². The van der Waals surface area contributed by atoms with Crippen molar-refractivity contribution in [1.82, 2.24) is 15.0 Å². The van der Waals surface area contributed by atoms with Crippen molar-refractivity contribution in [3.05, 3.63) is 60.7 Å². The van der Waals surface area contributed by atoms with Crippen molar-refractivity contribution in [3.8, 4) is 0 Å². The van der Waals surface area contributed by atoms with Crippen LogP contribution < -0.4 is 16.0 Å². The van der Waals surface area contributed by atoms with Gasteiger partial charge < -0.3 is 20.7 Å². The Hall–Kier alpha value is -2.90. The van der Waals surface area contributed by atoms with Crippen molar-refractivity contribution in [3.63, 3.8) is 0 Å². The minimum absolute atomic E-state index is 0. The summed E-state index contributed by atoms with van der Waals surface area (Å²) in [6, 6.07) is 19.7. The quantitative estimate of drug-likeness (QED) is 0.522. The van der Waals surface area contributed by atoms with Gasteiger partial charge in [0.25, 0.3) is 0 Å². The van der Waals surface area contributed by atoms with E-state index in [4.69, 9.17) is 4.74 Å². The Bertz CT molecular complexity index is 815. The smallest absolute Gasteiger partial charge is 0.233 e. The Balaban J connectivity index is 0.00000240. The number of aromatic nitrogens is 3. The SMILES string of the molecule is Cl.c1ccc(Nc2nc(NCC3CCOCC3)nc(Nc3ccccc3)n2)cc1. The monoisotopic (exact) mass is 412 g/mol. The van der Waals surface area contributed by atoms with Crippen molar-refractivity contribution in [1.29, 1.82) is 0 Å². The summed E-state index contributed by atoms with van der Waals surface area (Å²) < 4.78 is 5.43. The zero-order valence-electron chi connectivity index (χ0n) is 16.0. The molecule has 1 aliphatic heterocycles. The molecule has 1 saturated heterocycles. The van der Waals surface area contributed by atoms with Gasteiger partial charge in [0.1, 0.15) is 0 Å². The van der Waals surface area contributed by atoms with Gasteiger partial charge in [-0.3, -0.25) is 0 Å². The molecule has 7 nitrogen and oxygen atoms in total. The zero-order chi connectivity index (χ0) is 19.0. The third-order valence-electron chi connectivity index (χ3n) is 4.58. The first kappa shape index (κ1) is 20.8. The lowest BCUT2D eigenvalue weighted by Gasteiger charge is -2.22. The molecule has 0 amide bonds. The number of hydrogen-bond acceptors (Lipinski definition) is 7. The molecule has 2 aromatic carbocycles. The van der Waals surface area contributed by atoms with E-state index >= 15 is 0 Å². The van der Waals surface area contributed by atoms with Gasteiger partial charge in [0.05, 0.1) is 0 Å². The third-order valence-corrected chi connectivity index (χ3v) is 4.58. The molecule has 0 radical (unpaired) electrons. The summed E-state index contributed by atoms with van der Waals surface area (Å²) in [5, 5.41) is 9.86. The Morgan fingerprint density at radius 2 is 1.21 bits per heavy atom. The molecule has 8 heteroatoms. The third kappa shape index (κ3) is 6.30. The van der Waals surface area contributed by atoms with Crippen molar-refractivity contribution < 1.29 is 4.74 Å². The molecule has 1 aliphatic rings. The van der Waals surface area contributed by atoms with Crippen LogP contribution in [0, 0.1) is 5.92 Å². The molecule has 0 saturated carbocycles. The second-order valence-corrected chi connectivity index (χ2v) is 6.72. The van der Waals surface area contributed by atoms with Gasteiger partial charge in [-0.1, -0.05) is 36.4 Å². The predicted molar refractivity (Wildman–Crippen MR) is 119 cm³/mol. The highest BCUT2D eigenvalue weighted by molar-refractivity contribution is 5.85. The number of hydrogen-bond donors (Lipinski definition) is 3. The summed E-state index contributed by atoms with van der Waals surface area (Å²) in [4.78, 5) is 13.6. The normalized spacial score (nSPS) is 13.9. The maximum Gasteiger partial charge on any atom is 0.233 e. The summed E-state index contributed by atoms with van der Waals surface area (Å²) >= 11 is 0. The van der Waals surface area contributed by atoms with Crippen LogP contribution in [0.1, 0.15) is 12.8 Å². The average molecular weight is 413 g/mol. The minimum Gasteiger partial charge on any atom is -0.381 e. The molecule has 0 atom stereocenters. The molecule has 0 bridgehead atoms. The lowest BCUT2D eigenvalue weighted by Crippen LogP contribution is -2.23. The molecule has 3 aromatic rings.